The molecule has 1 atom stereocenters. The Morgan fingerprint density at radius 1 is 1.41 bits per heavy atom. The molecule has 1 unspecified atom stereocenters. The van der Waals surface area contributed by atoms with Crippen LogP contribution in [0.2, 0.25) is 0 Å². The zero-order valence-corrected chi connectivity index (χ0v) is 10.2. The summed E-state index contributed by atoms with van der Waals surface area (Å²) >= 11 is 0. The number of hydrogen-bond donors (Lipinski definition) is 1. The lowest BCUT2D eigenvalue weighted by Gasteiger charge is -2.16. The van der Waals surface area contributed by atoms with Crippen LogP contribution >= 0.6 is 0 Å². The van der Waals surface area contributed by atoms with Crippen LogP contribution in [0.3, 0.4) is 0 Å². The van der Waals surface area contributed by atoms with Crippen molar-refractivity contribution in [2.75, 3.05) is 13.1 Å². The predicted octanol–water partition coefficient (Wildman–Crippen LogP) is 2.65. The molecule has 0 aromatic heterocycles. The zero-order valence-electron chi connectivity index (χ0n) is 10.2. The van der Waals surface area contributed by atoms with Crippen molar-refractivity contribution in [2.45, 2.75) is 26.2 Å². The average molecular weight is 233 g/mol. The molecule has 1 fully saturated rings. The Balaban J connectivity index is 1.99. The summed E-state index contributed by atoms with van der Waals surface area (Å²) in [5.74, 6) is 0.955. The molecule has 92 valence electrons. The Kier molecular flexibility index (Phi) is 3.67. The number of rotatable bonds is 3. The van der Waals surface area contributed by atoms with E-state index < -0.39 is 0 Å². The van der Waals surface area contributed by atoms with Crippen molar-refractivity contribution in [2.24, 2.45) is 5.92 Å². The maximum Gasteiger partial charge on any atom is 0.253 e. The van der Waals surface area contributed by atoms with Gasteiger partial charge in [0.25, 0.3) is 5.91 Å². The summed E-state index contributed by atoms with van der Waals surface area (Å²) in [6, 6.07) is 6.50. The highest BCUT2D eigenvalue weighted by molar-refractivity contribution is 5.94. The second-order valence-electron chi connectivity index (χ2n) is 4.74. The molecule has 1 saturated heterocycles. The van der Waals surface area contributed by atoms with Crippen molar-refractivity contribution in [3.8, 4) is 5.75 Å². The van der Waals surface area contributed by atoms with Gasteiger partial charge >= 0.3 is 0 Å². The lowest BCUT2D eigenvalue weighted by Crippen LogP contribution is -2.28. The predicted molar refractivity (Wildman–Crippen MR) is 67.0 cm³/mol. The van der Waals surface area contributed by atoms with Crippen LogP contribution in [0.25, 0.3) is 0 Å². The first kappa shape index (κ1) is 12.0. The zero-order chi connectivity index (χ0) is 12.3. The van der Waals surface area contributed by atoms with E-state index >= 15 is 0 Å². The summed E-state index contributed by atoms with van der Waals surface area (Å²) in [7, 11) is 0. The van der Waals surface area contributed by atoms with Gasteiger partial charge in [-0.25, -0.2) is 0 Å². The molecular weight excluding hydrogens is 214 g/mol. The molecule has 17 heavy (non-hydrogen) atoms. The Bertz CT molecular complexity index is 386. The monoisotopic (exact) mass is 233 g/mol. The molecule has 1 aromatic rings. The number of likely N-dealkylation sites (tertiary alicyclic amines) is 1. The molecular formula is C14H19NO2. The number of hydrogen-bond acceptors (Lipinski definition) is 2. The highest BCUT2D eigenvalue weighted by Crippen LogP contribution is 2.23. The Hall–Kier alpha value is -1.51. The van der Waals surface area contributed by atoms with E-state index in [-0.39, 0.29) is 11.7 Å². The van der Waals surface area contributed by atoms with Crippen LogP contribution in [-0.4, -0.2) is 29.0 Å². The summed E-state index contributed by atoms with van der Waals surface area (Å²) in [6.45, 7) is 3.93. The van der Waals surface area contributed by atoms with Crippen LogP contribution in [0.4, 0.5) is 0 Å². The third kappa shape index (κ3) is 2.78. The molecule has 0 spiro atoms. The topological polar surface area (TPSA) is 40.5 Å². The summed E-state index contributed by atoms with van der Waals surface area (Å²) in [6.07, 6.45) is 3.52. The number of carbonyl (C=O) groups excluding carboxylic acids is 1. The molecule has 0 bridgehead atoms. The Morgan fingerprint density at radius 2 is 2.12 bits per heavy atom. The van der Waals surface area contributed by atoms with Gasteiger partial charge in [0.15, 0.2) is 0 Å². The molecule has 0 radical (unpaired) electrons. The fourth-order valence-electron chi connectivity index (χ4n) is 2.45. The van der Waals surface area contributed by atoms with E-state index in [1.807, 2.05) is 4.90 Å². The summed E-state index contributed by atoms with van der Waals surface area (Å²) in [5.41, 5.74) is 0.667. The van der Waals surface area contributed by atoms with E-state index in [9.17, 15) is 9.90 Å². The van der Waals surface area contributed by atoms with Crippen molar-refractivity contribution >= 4 is 5.91 Å². The molecule has 3 heteroatoms. The van der Waals surface area contributed by atoms with Gasteiger partial charge in [-0.1, -0.05) is 13.3 Å². The van der Waals surface area contributed by atoms with Gasteiger partial charge in [-0.15, -0.1) is 0 Å². The van der Waals surface area contributed by atoms with Crippen molar-refractivity contribution < 1.29 is 9.90 Å². The normalized spacial score (nSPS) is 19.6. The van der Waals surface area contributed by atoms with Crippen LogP contribution in [0.15, 0.2) is 24.3 Å². The number of nitrogens with zero attached hydrogens (tertiary/aromatic N) is 1. The molecule has 1 heterocycles. The number of amides is 1. The van der Waals surface area contributed by atoms with E-state index in [2.05, 4.69) is 6.92 Å². The lowest BCUT2D eigenvalue weighted by molar-refractivity contribution is 0.0786. The largest absolute Gasteiger partial charge is 0.508 e. The molecule has 2 rings (SSSR count). The molecule has 1 aliphatic heterocycles. The molecule has 1 aliphatic rings. The van der Waals surface area contributed by atoms with Gasteiger partial charge < -0.3 is 10.0 Å². The third-order valence-corrected chi connectivity index (χ3v) is 3.38. The maximum atomic E-state index is 12.2. The first-order chi connectivity index (χ1) is 8.20. The second-order valence-corrected chi connectivity index (χ2v) is 4.74. The second kappa shape index (κ2) is 5.21. The molecule has 1 amide bonds. The first-order valence-electron chi connectivity index (χ1n) is 6.29. The van der Waals surface area contributed by atoms with Crippen LogP contribution in [0.5, 0.6) is 5.75 Å². The van der Waals surface area contributed by atoms with Gasteiger partial charge in [-0.2, -0.15) is 0 Å². The maximum absolute atomic E-state index is 12.2. The van der Waals surface area contributed by atoms with Gasteiger partial charge in [0.1, 0.15) is 5.75 Å². The highest BCUT2D eigenvalue weighted by Gasteiger charge is 2.26. The van der Waals surface area contributed by atoms with E-state index in [1.165, 1.54) is 12.8 Å². The number of benzene rings is 1. The minimum absolute atomic E-state index is 0.0867. The summed E-state index contributed by atoms with van der Waals surface area (Å²) in [5, 5.41) is 9.19. The van der Waals surface area contributed by atoms with Crippen molar-refractivity contribution in [3.05, 3.63) is 29.8 Å². The van der Waals surface area contributed by atoms with Crippen LogP contribution in [-0.2, 0) is 0 Å². The van der Waals surface area contributed by atoms with Crippen LogP contribution in [0, 0.1) is 5.92 Å². The quantitative estimate of drug-likeness (QED) is 0.872. The average Bonchev–Trinajstić information content (AvgIpc) is 2.78. The number of carbonyl (C=O) groups is 1. The van der Waals surface area contributed by atoms with Crippen molar-refractivity contribution in [1.29, 1.82) is 0 Å². The molecule has 1 aromatic carbocycles. The third-order valence-electron chi connectivity index (χ3n) is 3.38. The SMILES string of the molecule is CCCC1CCN(C(=O)c2ccc(O)cc2)C1. The summed E-state index contributed by atoms with van der Waals surface area (Å²) in [4.78, 5) is 14.1. The van der Waals surface area contributed by atoms with Crippen molar-refractivity contribution in [3.63, 3.8) is 0 Å². The number of phenolic OH excluding ortho intramolecular Hbond substituents is 1. The highest BCUT2D eigenvalue weighted by atomic mass is 16.3. The fraction of sp³-hybridized carbons (Fsp3) is 0.500. The Morgan fingerprint density at radius 3 is 2.76 bits per heavy atom. The molecule has 0 aliphatic carbocycles. The minimum atomic E-state index is 0.0867. The lowest BCUT2D eigenvalue weighted by atomic mass is 10.0. The first-order valence-corrected chi connectivity index (χ1v) is 6.29. The number of phenols is 1. The van der Waals surface area contributed by atoms with E-state index in [0.29, 0.717) is 11.5 Å². The van der Waals surface area contributed by atoms with E-state index in [4.69, 9.17) is 0 Å². The van der Waals surface area contributed by atoms with Gasteiger partial charge in [0, 0.05) is 18.7 Å². The molecule has 0 saturated carbocycles. The minimum Gasteiger partial charge on any atom is -0.508 e. The number of aromatic hydroxyl groups is 1. The van der Waals surface area contributed by atoms with Crippen LogP contribution in [0.1, 0.15) is 36.5 Å². The van der Waals surface area contributed by atoms with Crippen molar-refractivity contribution in [1.82, 2.24) is 4.90 Å². The van der Waals surface area contributed by atoms with Gasteiger partial charge in [0.05, 0.1) is 0 Å². The summed E-state index contributed by atoms with van der Waals surface area (Å²) < 4.78 is 0. The smallest absolute Gasteiger partial charge is 0.253 e. The van der Waals surface area contributed by atoms with E-state index in [1.54, 1.807) is 24.3 Å². The van der Waals surface area contributed by atoms with Crippen LogP contribution < -0.4 is 0 Å². The molecule has 1 N–H and O–H groups in total. The van der Waals surface area contributed by atoms with Gasteiger partial charge in [-0.3, -0.25) is 4.79 Å². The fourth-order valence-corrected chi connectivity index (χ4v) is 2.45. The van der Waals surface area contributed by atoms with E-state index in [0.717, 1.165) is 19.5 Å². The van der Waals surface area contributed by atoms with Gasteiger partial charge in [0.2, 0.25) is 0 Å². The van der Waals surface area contributed by atoms with Gasteiger partial charge in [-0.05, 0) is 43.0 Å². The standard InChI is InChI=1S/C14H19NO2/c1-2-3-11-8-9-15(10-11)14(17)12-4-6-13(16)7-5-12/h4-7,11,16H,2-3,8-10H2,1H3. The molecule has 3 nitrogen and oxygen atoms in total. The Labute approximate surface area is 102 Å².